The summed E-state index contributed by atoms with van der Waals surface area (Å²) in [6, 6.07) is 2.09. The van der Waals surface area contributed by atoms with Crippen molar-refractivity contribution in [1.29, 1.82) is 0 Å². The van der Waals surface area contributed by atoms with Crippen LogP contribution in [0.4, 0.5) is 17.6 Å². The van der Waals surface area contributed by atoms with Gasteiger partial charge in [0.15, 0.2) is 11.6 Å². The molecule has 0 spiro atoms. The second-order valence-electron chi connectivity index (χ2n) is 15.9. The van der Waals surface area contributed by atoms with E-state index in [1.807, 2.05) is 6.08 Å². The van der Waals surface area contributed by atoms with Gasteiger partial charge < -0.3 is 28.9 Å². The third-order valence-electron chi connectivity index (χ3n) is 13.5. The van der Waals surface area contributed by atoms with Crippen molar-refractivity contribution in [3.8, 4) is 0 Å². The lowest BCUT2D eigenvalue weighted by atomic mass is 9.51. The highest BCUT2D eigenvalue weighted by Gasteiger charge is 2.58. The maximum Gasteiger partial charge on any atom is 0.320 e. The molecule has 12 heteroatoms. The Morgan fingerprint density at radius 3 is 2.27 bits per heavy atom. The normalized spacial score (nSPS) is 32.1. The molecule has 8 rings (SSSR count). The molecule has 4 aliphatic carbocycles. The van der Waals surface area contributed by atoms with Crippen LogP contribution in [0.2, 0.25) is 0 Å². The van der Waals surface area contributed by atoms with Crippen molar-refractivity contribution in [2.24, 2.45) is 28.6 Å². The quantitative estimate of drug-likeness (QED) is 0.275. The molecule has 3 aliphatic heterocycles. The van der Waals surface area contributed by atoms with Gasteiger partial charge in [0.25, 0.3) is 0 Å². The number of fused-ring (bicyclic) bond motifs is 5. The number of rotatable bonds is 9. The maximum absolute atomic E-state index is 13.8. The van der Waals surface area contributed by atoms with E-state index in [2.05, 4.69) is 51.7 Å². The fraction of sp³-hybridized carbons (Fsp3) is 0.675. The summed E-state index contributed by atoms with van der Waals surface area (Å²) in [5.41, 5.74) is 2.39. The largest absolute Gasteiger partial charge is 0.457 e. The number of aromatic nitrogens is 2. The van der Waals surface area contributed by atoms with E-state index < -0.39 is 0 Å². The summed E-state index contributed by atoms with van der Waals surface area (Å²) in [5.74, 6) is 3.15. The molecule has 5 fully saturated rings. The Labute approximate surface area is 307 Å². The predicted octanol–water partition coefficient (Wildman–Crippen LogP) is 3.62. The number of esters is 1. The number of carbonyl (C=O) groups is 3. The zero-order valence-corrected chi connectivity index (χ0v) is 30.9. The highest BCUT2D eigenvalue weighted by atomic mass is 16.5. The minimum atomic E-state index is -0.336. The number of nitrogens with zero attached hydrogens (tertiary/aromatic N) is 6. The van der Waals surface area contributed by atoms with Crippen LogP contribution < -0.4 is 14.7 Å². The van der Waals surface area contributed by atoms with Crippen LogP contribution in [-0.4, -0.2) is 124 Å². The Balaban J connectivity index is 0.862. The predicted molar refractivity (Wildman–Crippen MR) is 197 cm³/mol. The number of Topliss-reactive ketones (excluding diaryl/α,β-unsaturated/α-hetero) is 1. The Morgan fingerprint density at radius 1 is 0.904 bits per heavy atom. The second kappa shape index (κ2) is 14.7. The third kappa shape index (κ3) is 6.59. The Morgan fingerprint density at radius 2 is 1.58 bits per heavy atom. The topological polar surface area (TPSA) is 118 Å². The van der Waals surface area contributed by atoms with E-state index in [0.717, 1.165) is 95.4 Å². The van der Waals surface area contributed by atoms with Gasteiger partial charge in [0, 0.05) is 69.8 Å². The summed E-state index contributed by atoms with van der Waals surface area (Å²) >= 11 is 0. The lowest BCUT2D eigenvalue weighted by molar-refractivity contribution is -0.151. The number of allylic oxidation sites excluding steroid dienone is 6. The first-order valence-electron chi connectivity index (χ1n) is 19.6. The third-order valence-corrected chi connectivity index (χ3v) is 13.5. The summed E-state index contributed by atoms with van der Waals surface area (Å²) in [6.45, 7) is 13.2. The number of carbonyl (C=O) groups excluding carboxylic acids is 3. The van der Waals surface area contributed by atoms with Gasteiger partial charge in [-0.3, -0.25) is 19.3 Å². The van der Waals surface area contributed by atoms with Crippen molar-refractivity contribution in [3.63, 3.8) is 0 Å². The van der Waals surface area contributed by atoms with Crippen molar-refractivity contribution in [3.05, 3.63) is 41.5 Å². The average Bonchev–Trinajstić information content (AvgIpc) is 3.58. The van der Waals surface area contributed by atoms with Gasteiger partial charge in [-0.1, -0.05) is 30.2 Å². The molecule has 0 aromatic carbocycles. The molecular weight excluding hydrogens is 660 g/mol. The number of ether oxygens (including phenoxy) is 3. The molecule has 4 heterocycles. The lowest BCUT2D eigenvalue weighted by Crippen LogP contribution is -2.49. The number of piperazine rings is 1. The number of hydrogen-bond acceptors (Lipinski definition) is 12. The molecule has 7 aliphatic rings. The maximum atomic E-state index is 13.8. The molecule has 52 heavy (non-hydrogen) atoms. The molecular formula is C40H54N6O6. The number of anilines is 3. The lowest BCUT2D eigenvalue weighted by Gasteiger charge is -2.53. The first-order valence-corrected chi connectivity index (χ1v) is 19.6. The van der Waals surface area contributed by atoms with Gasteiger partial charge in [0.1, 0.15) is 18.2 Å². The van der Waals surface area contributed by atoms with Crippen molar-refractivity contribution in [1.82, 2.24) is 14.9 Å². The molecule has 0 N–H and O–H groups in total. The van der Waals surface area contributed by atoms with Crippen molar-refractivity contribution in [2.45, 2.75) is 52.4 Å². The zero-order chi connectivity index (χ0) is 35.9. The Bertz CT molecular complexity index is 1600. The fourth-order valence-electron chi connectivity index (χ4n) is 10.5. The van der Waals surface area contributed by atoms with Crippen molar-refractivity contribution in [2.75, 3.05) is 107 Å². The van der Waals surface area contributed by atoms with Gasteiger partial charge in [-0.25, -0.2) is 0 Å². The summed E-state index contributed by atoms with van der Waals surface area (Å²) in [4.78, 5) is 57.9. The van der Waals surface area contributed by atoms with E-state index in [9.17, 15) is 14.4 Å². The van der Waals surface area contributed by atoms with Crippen LogP contribution in [0, 0.1) is 28.6 Å². The Hall–Kier alpha value is -3.61. The van der Waals surface area contributed by atoms with E-state index >= 15 is 0 Å². The molecule has 3 saturated heterocycles. The zero-order valence-electron chi connectivity index (χ0n) is 30.9. The Kier molecular flexibility index (Phi) is 9.99. The van der Waals surface area contributed by atoms with E-state index in [-0.39, 0.29) is 47.4 Å². The molecule has 0 unspecified atom stereocenters. The molecule has 0 amide bonds. The van der Waals surface area contributed by atoms with Crippen LogP contribution in [0.25, 0.3) is 0 Å². The van der Waals surface area contributed by atoms with Crippen LogP contribution >= 0.6 is 0 Å². The van der Waals surface area contributed by atoms with Gasteiger partial charge in [0.2, 0.25) is 5.95 Å². The molecule has 280 valence electrons. The highest BCUT2D eigenvalue weighted by molar-refractivity contribution is 6.01. The minimum absolute atomic E-state index is 0.0704. The van der Waals surface area contributed by atoms with Gasteiger partial charge >= 0.3 is 5.97 Å². The molecule has 1 aromatic heterocycles. The van der Waals surface area contributed by atoms with Crippen molar-refractivity contribution >= 4 is 35.1 Å². The van der Waals surface area contributed by atoms with Gasteiger partial charge in [-0.15, -0.1) is 0 Å². The summed E-state index contributed by atoms with van der Waals surface area (Å²) in [6.07, 6.45) is 13.7. The standard InChI is InChI=1S/C40H54N6O6/c1-3-40-11-9-31-30(5-4-28-24-29(47)8-10-39(28,31)2)32(40)6-7-33(40)34(48)27-52-37(49)26-43-12-14-44(15-13-43)35-25-36(45-16-20-50-21-17-45)42-38(41-35)46-18-22-51-23-19-46/h8-10,24-25,30,32-33H,3-7,11-23,26-27H2,1-2H3/t30-,32+,33-,39+,40+/m1/s1. The minimum Gasteiger partial charge on any atom is -0.457 e. The SMILES string of the molecule is CC[C@]12CC=C3[C@@H](CCC4=CC(=O)C=C[C@@]43C)[C@@H]1CC[C@@H]2C(=O)COC(=O)CN1CCN(c2cc(N3CCOCC3)nc(N3CCOCC3)n2)CC1. The number of hydrogen-bond donors (Lipinski definition) is 0. The second-order valence-corrected chi connectivity index (χ2v) is 15.9. The van der Waals surface area contributed by atoms with E-state index in [1.165, 1.54) is 11.1 Å². The molecule has 2 saturated carbocycles. The average molecular weight is 715 g/mol. The summed E-state index contributed by atoms with van der Waals surface area (Å²) < 4.78 is 16.9. The van der Waals surface area contributed by atoms with E-state index in [4.69, 9.17) is 24.2 Å². The van der Waals surface area contributed by atoms with Crippen LogP contribution in [0.5, 0.6) is 0 Å². The highest BCUT2D eigenvalue weighted by Crippen LogP contribution is 2.65. The van der Waals surface area contributed by atoms with Crippen molar-refractivity contribution < 1.29 is 28.6 Å². The fourth-order valence-corrected chi connectivity index (χ4v) is 10.5. The number of morpholine rings is 2. The molecule has 12 nitrogen and oxygen atoms in total. The summed E-state index contributed by atoms with van der Waals surface area (Å²) in [7, 11) is 0. The molecule has 0 bridgehead atoms. The van der Waals surface area contributed by atoms with Crippen LogP contribution in [0.15, 0.2) is 41.5 Å². The first kappa shape index (κ1) is 35.4. The van der Waals surface area contributed by atoms with Crippen LogP contribution in [0.3, 0.4) is 0 Å². The molecule has 0 radical (unpaired) electrons. The van der Waals surface area contributed by atoms with E-state index in [0.29, 0.717) is 51.4 Å². The van der Waals surface area contributed by atoms with Gasteiger partial charge in [-0.2, -0.15) is 9.97 Å². The smallest absolute Gasteiger partial charge is 0.320 e. The summed E-state index contributed by atoms with van der Waals surface area (Å²) in [5, 5.41) is 0. The number of ketones is 2. The monoisotopic (exact) mass is 714 g/mol. The van der Waals surface area contributed by atoms with Gasteiger partial charge in [-0.05, 0) is 74.9 Å². The molecule has 5 atom stereocenters. The van der Waals surface area contributed by atoms with Gasteiger partial charge in [0.05, 0.1) is 33.0 Å². The van der Waals surface area contributed by atoms with Crippen LogP contribution in [0.1, 0.15) is 52.4 Å². The van der Waals surface area contributed by atoms with Crippen LogP contribution in [-0.2, 0) is 28.6 Å². The molecule has 1 aromatic rings. The first-order chi connectivity index (χ1) is 25.3. The van der Waals surface area contributed by atoms with E-state index in [1.54, 1.807) is 6.08 Å².